The summed E-state index contributed by atoms with van der Waals surface area (Å²) in [6.45, 7) is 0.0160. The van der Waals surface area contributed by atoms with Crippen LogP contribution in [0.15, 0.2) is 60.7 Å². The number of amides is 1. The average molecular weight is 504 g/mol. The van der Waals surface area contributed by atoms with Crippen molar-refractivity contribution in [2.24, 2.45) is 0 Å². The lowest BCUT2D eigenvalue weighted by molar-refractivity contribution is -0.141. The van der Waals surface area contributed by atoms with Crippen molar-refractivity contribution in [1.82, 2.24) is 14.9 Å². The van der Waals surface area contributed by atoms with Gasteiger partial charge in [0.25, 0.3) is 0 Å². The maximum Gasteiger partial charge on any atom is 0.408 e. The van der Waals surface area contributed by atoms with Crippen LogP contribution in [0.2, 0.25) is 0 Å². The zero-order valence-electron chi connectivity index (χ0n) is 19.1. The summed E-state index contributed by atoms with van der Waals surface area (Å²) >= 11 is 1.34. The van der Waals surface area contributed by atoms with Crippen molar-refractivity contribution in [3.8, 4) is 10.6 Å². The summed E-state index contributed by atoms with van der Waals surface area (Å²) in [5.41, 5.74) is 3.82. The van der Waals surface area contributed by atoms with Crippen molar-refractivity contribution in [3.05, 3.63) is 83.3 Å². The molecule has 1 saturated heterocycles. The van der Waals surface area contributed by atoms with E-state index in [-0.39, 0.29) is 18.4 Å². The Hall–Kier alpha value is -3.85. The number of carboxylic acid groups (broad SMARTS) is 2. The standard InChI is InChI=1S/C27H22FN3O4S/c28-19-12-15(16-13-21(25(32)33)31(14-16)26(34)35)6-7-18(19)23-29-20-8-9-22(30-24(20)36-23)27(10-11-27)17-4-2-1-3-5-17/h1-9,12,16,21H,10-11,13-14H2,(H,32,33)(H,34,35)/t16-,21-/m0/s1. The van der Waals surface area contributed by atoms with Gasteiger partial charge in [0.15, 0.2) is 0 Å². The Morgan fingerprint density at radius 1 is 1.03 bits per heavy atom. The molecule has 2 atom stereocenters. The number of hydrogen-bond donors (Lipinski definition) is 2. The number of hydrogen-bond acceptors (Lipinski definition) is 5. The molecular formula is C27H22FN3O4S. The van der Waals surface area contributed by atoms with Crippen molar-refractivity contribution in [2.75, 3.05) is 6.54 Å². The van der Waals surface area contributed by atoms with Gasteiger partial charge in [-0.2, -0.15) is 0 Å². The molecule has 3 heterocycles. The molecule has 2 N–H and O–H groups in total. The summed E-state index contributed by atoms with van der Waals surface area (Å²) in [4.78, 5) is 34.1. The van der Waals surface area contributed by atoms with E-state index in [0.717, 1.165) is 28.3 Å². The topological polar surface area (TPSA) is 104 Å². The van der Waals surface area contributed by atoms with Crippen LogP contribution >= 0.6 is 11.3 Å². The van der Waals surface area contributed by atoms with E-state index in [1.807, 2.05) is 30.3 Å². The molecule has 0 spiro atoms. The number of nitrogens with zero attached hydrogens (tertiary/aromatic N) is 3. The number of benzene rings is 2. The Morgan fingerprint density at radius 3 is 2.44 bits per heavy atom. The van der Waals surface area contributed by atoms with Gasteiger partial charge in [0.2, 0.25) is 0 Å². The molecule has 2 aliphatic rings. The molecule has 2 aromatic heterocycles. The smallest absolute Gasteiger partial charge is 0.408 e. The van der Waals surface area contributed by atoms with E-state index in [1.165, 1.54) is 23.0 Å². The highest BCUT2D eigenvalue weighted by atomic mass is 32.1. The summed E-state index contributed by atoms with van der Waals surface area (Å²) in [5.74, 6) is -2.06. The summed E-state index contributed by atoms with van der Waals surface area (Å²) in [7, 11) is 0. The van der Waals surface area contributed by atoms with Crippen LogP contribution < -0.4 is 0 Å². The first-order valence-corrected chi connectivity index (χ1v) is 12.5. The Balaban J connectivity index is 1.29. The number of halogens is 1. The predicted molar refractivity (Wildman–Crippen MR) is 133 cm³/mol. The van der Waals surface area contributed by atoms with Gasteiger partial charge < -0.3 is 10.2 Å². The van der Waals surface area contributed by atoms with E-state index >= 15 is 4.39 Å². The van der Waals surface area contributed by atoms with E-state index in [2.05, 4.69) is 17.1 Å². The lowest BCUT2D eigenvalue weighted by atomic mass is 9.92. The molecule has 1 saturated carbocycles. The second-order valence-corrected chi connectivity index (χ2v) is 10.4. The monoisotopic (exact) mass is 503 g/mol. The molecule has 0 bridgehead atoms. The Bertz CT molecular complexity index is 1480. The third kappa shape index (κ3) is 3.71. The summed E-state index contributed by atoms with van der Waals surface area (Å²) < 4.78 is 15.2. The van der Waals surface area contributed by atoms with E-state index in [1.54, 1.807) is 12.1 Å². The molecule has 182 valence electrons. The molecular weight excluding hydrogens is 481 g/mol. The first-order valence-electron chi connectivity index (χ1n) is 11.7. The lowest BCUT2D eigenvalue weighted by Gasteiger charge is -2.16. The fourth-order valence-corrected chi connectivity index (χ4v) is 6.22. The fraction of sp³-hybridized carbons (Fsp3) is 0.259. The highest BCUT2D eigenvalue weighted by Crippen LogP contribution is 2.53. The molecule has 9 heteroatoms. The molecule has 1 amide bonds. The van der Waals surface area contributed by atoms with E-state index in [9.17, 15) is 19.8 Å². The van der Waals surface area contributed by atoms with E-state index in [4.69, 9.17) is 4.98 Å². The minimum atomic E-state index is -1.29. The maximum absolute atomic E-state index is 15.2. The number of rotatable bonds is 5. The van der Waals surface area contributed by atoms with E-state index < -0.39 is 29.8 Å². The second kappa shape index (κ2) is 8.37. The van der Waals surface area contributed by atoms with Crippen LogP contribution in [0, 0.1) is 5.82 Å². The average Bonchev–Trinajstić information content (AvgIpc) is 3.37. The van der Waals surface area contributed by atoms with Crippen molar-refractivity contribution >= 4 is 33.7 Å². The van der Waals surface area contributed by atoms with Crippen LogP contribution in [0.5, 0.6) is 0 Å². The van der Waals surface area contributed by atoms with Crippen LogP contribution in [0.25, 0.3) is 20.9 Å². The van der Waals surface area contributed by atoms with Gasteiger partial charge in [-0.1, -0.05) is 47.7 Å². The molecule has 0 radical (unpaired) electrons. The maximum atomic E-state index is 15.2. The van der Waals surface area contributed by atoms with Gasteiger partial charge in [-0.15, -0.1) is 0 Å². The molecule has 1 aliphatic heterocycles. The molecule has 4 aromatic rings. The zero-order chi connectivity index (χ0) is 25.0. The van der Waals surface area contributed by atoms with Crippen LogP contribution in [-0.2, 0) is 10.2 Å². The normalized spacial score (nSPS) is 20.5. The SMILES string of the molecule is O=C(O)[C@@H]1C[C@H](c2ccc(-c3nc4ccc(C5(c6ccccc6)CC5)nc4s3)c(F)c2)CN1C(=O)O. The van der Waals surface area contributed by atoms with Gasteiger partial charge in [-0.25, -0.2) is 23.9 Å². The molecule has 1 aliphatic carbocycles. The molecule has 2 fully saturated rings. The fourth-order valence-electron chi connectivity index (χ4n) is 5.26. The number of aliphatic carboxylic acids is 1. The number of likely N-dealkylation sites (tertiary alicyclic amines) is 1. The first-order chi connectivity index (χ1) is 17.4. The highest BCUT2D eigenvalue weighted by molar-refractivity contribution is 7.21. The minimum absolute atomic E-state index is 0.0160. The molecule has 6 rings (SSSR count). The second-order valence-electron chi connectivity index (χ2n) is 9.45. The molecule has 0 unspecified atom stereocenters. The van der Waals surface area contributed by atoms with Crippen molar-refractivity contribution in [2.45, 2.75) is 36.6 Å². The summed E-state index contributed by atoms with van der Waals surface area (Å²) in [6, 6.07) is 17.9. The molecule has 7 nitrogen and oxygen atoms in total. The van der Waals surface area contributed by atoms with E-state index in [0.29, 0.717) is 21.7 Å². The third-order valence-corrected chi connectivity index (χ3v) is 8.35. The van der Waals surface area contributed by atoms with Crippen LogP contribution in [-0.4, -0.2) is 49.7 Å². The van der Waals surface area contributed by atoms with Crippen molar-refractivity contribution < 1.29 is 24.2 Å². The molecule has 36 heavy (non-hydrogen) atoms. The quantitative estimate of drug-likeness (QED) is 0.373. The van der Waals surface area contributed by atoms with Crippen molar-refractivity contribution in [3.63, 3.8) is 0 Å². The number of pyridine rings is 1. The number of fused-ring (bicyclic) bond motifs is 1. The summed E-state index contributed by atoms with van der Waals surface area (Å²) in [6.07, 6.45) is 0.904. The van der Waals surface area contributed by atoms with Crippen LogP contribution in [0.1, 0.15) is 42.0 Å². The number of carbonyl (C=O) groups is 2. The summed E-state index contributed by atoms with van der Waals surface area (Å²) in [5, 5.41) is 19.2. The number of aromatic nitrogens is 2. The highest BCUT2D eigenvalue weighted by Gasteiger charge is 2.47. The van der Waals surface area contributed by atoms with Crippen LogP contribution in [0.4, 0.5) is 9.18 Å². The van der Waals surface area contributed by atoms with Gasteiger partial charge in [0, 0.05) is 23.4 Å². The van der Waals surface area contributed by atoms with Gasteiger partial charge in [-0.05, 0) is 54.7 Å². The van der Waals surface area contributed by atoms with Crippen LogP contribution in [0.3, 0.4) is 0 Å². The lowest BCUT2D eigenvalue weighted by Crippen LogP contribution is -2.39. The largest absolute Gasteiger partial charge is 0.480 e. The zero-order valence-corrected chi connectivity index (χ0v) is 19.9. The first kappa shape index (κ1) is 22.6. The number of carboxylic acids is 1. The van der Waals surface area contributed by atoms with Gasteiger partial charge in [-0.3, -0.25) is 4.90 Å². The van der Waals surface area contributed by atoms with Gasteiger partial charge in [0.05, 0.1) is 5.69 Å². The van der Waals surface area contributed by atoms with Gasteiger partial charge >= 0.3 is 12.1 Å². The minimum Gasteiger partial charge on any atom is -0.480 e. The predicted octanol–water partition coefficient (Wildman–Crippen LogP) is 5.50. The Labute approximate surface area is 209 Å². The molecule has 2 aromatic carbocycles. The van der Waals surface area contributed by atoms with Gasteiger partial charge in [0.1, 0.15) is 27.2 Å². The third-order valence-electron chi connectivity index (χ3n) is 7.35. The number of thiazole rings is 1. The Morgan fingerprint density at radius 2 is 1.81 bits per heavy atom. The van der Waals surface area contributed by atoms with Crippen molar-refractivity contribution in [1.29, 1.82) is 0 Å². The Kier molecular flexibility index (Phi) is 5.26.